The smallest absolute Gasteiger partial charge is 0.380 e. The summed E-state index contributed by atoms with van der Waals surface area (Å²) in [6.07, 6.45) is -1.54. The number of hydrogen-bond donors (Lipinski definition) is 1. The number of alkyl halides is 3. The molecule has 164 valence electrons. The van der Waals surface area contributed by atoms with E-state index in [0.29, 0.717) is 5.69 Å². The Morgan fingerprint density at radius 2 is 1.71 bits per heavy atom. The Morgan fingerprint density at radius 3 is 2.29 bits per heavy atom. The highest BCUT2D eigenvalue weighted by molar-refractivity contribution is 7.89. The Balaban J connectivity index is 1.61. The van der Waals surface area contributed by atoms with Crippen molar-refractivity contribution in [1.82, 2.24) is 13.9 Å². The van der Waals surface area contributed by atoms with Gasteiger partial charge in [-0.15, -0.1) is 0 Å². The molecule has 1 fully saturated rings. The van der Waals surface area contributed by atoms with E-state index in [9.17, 15) is 21.6 Å². The first-order valence-electron chi connectivity index (χ1n) is 9.61. The predicted octanol–water partition coefficient (Wildman–Crippen LogP) is 3.71. The number of anilines is 1. The second-order valence-electron chi connectivity index (χ2n) is 7.54. The summed E-state index contributed by atoms with van der Waals surface area (Å²) in [7, 11) is -2.11. The minimum absolute atomic E-state index is 0.0306. The first kappa shape index (κ1) is 21.4. The van der Waals surface area contributed by atoms with Crippen LogP contribution >= 0.6 is 0 Å². The second kappa shape index (κ2) is 8.01. The lowest BCUT2D eigenvalue weighted by atomic mass is 9.94. The van der Waals surface area contributed by atoms with Crippen LogP contribution in [0.1, 0.15) is 17.0 Å². The van der Waals surface area contributed by atoms with E-state index in [4.69, 9.17) is 0 Å². The molecule has 4 rings (SSSR count). The van der Waals surface area contributed by atoms with Crippen LogP contribution < -0.4 is 5.32 Å². The molecule has 6 nitrogen and oxygen atoms in total. The van der Waals surface area contributed by atoms with Crippen molar-refractivity contribution in [2.24, 2.45) is 7.05 Å². The first-order chi connectivity index (χ1) is 14.6. The molecule has 1 aromatic heterocycles. The van der Waals surface area contributed by atoms with Gasteiger partial charge in [0.05, 0.1) is 11.9 Å². The Kier molecular flexibility index (Phi) is 5.52. The molecule has 1 aliphatic rings. The number of nitrogens with zero attached hydrogens (tertiary/aromatic N) is 3. The molecule has 1 saturated heterocycles. The van der Waals surface area contributed by atoms with Crippen molar-refractivity contribution in [2.45, 2.75) is 23.2 Å². The lowest BCUT2D eigenvalue weighted by Gasteiger charge is -2.21. The number of rotatable bonds is 5. The van der Waals surface area contributed by atoms with Gasteiger partial charge in [0.15, 0.2) is 5.03 Å². The summed E-state index contributed by atoms with van der Waals surface area (Å²) in [5, 5.41) is 3.20. The van der Waals surface area contributed by atoms with Crippen LogP contribution in [0.25, 0.3) is 0 Å². The number of nitrogens with one attached hydrogen (secondary N) is 1. The average Bonchev–Trinajstić information content (AvgIpc) is 3.36. The number of aromatic nitrogens is 2. The standard InChI is InChI=1S/C21H21F3N4O2S/c1-27-13-20(25-14-27)31(29,30)28-11-18(15-5-3-2-4-6-15)19(12-28)26-17-9-7-16(8-10-17)21(22,23)24/h2-10,13-14,18-19,26H,11-12H2,1H3. The molecular weight excluding hydrogens is 429 g/mol. The van der Waals surface area contributed by atoms with Crippen LogP contribution in [-0.2, 0) is 23.2 Å². The van der Waals surface area contributed by atoms with E-state index in [1.54, 1.807) is 11.6 Å². The van der Waals surface area contributed by atoms with Gasteiger partial charge in [0, 0.05) is 44.0 Å². The van der Waals surface area contributed by atoms with E-state index >= 15 is 0 Å². The van der Waals surface area contributed by atoms with Crippen LogP contribution in [0.4, 0.5) is 18.9 Å². The lowest BCUT2D eigenvalue weighted by Crippen LogP contribution is -2.32. The number of imidazole rings is 1. The van der Waals surface area contributed by atoms with E-state index in [2.05, 4.69) is 10.3 Å². The molecule has 1 aliphatic heterocycles. The number of hydrogen-bond acceptors (Lipinski definition) is 4. The molecule has 0 saturated carbocycles. The second-order valence-corrected chi connectivity index (χ2v) is 9.43. The van der Waals surface area contributed by atoms with Crippen LogP contribution in [0.3, 0.4) is 0 Å². The maximum absolute atomic E-state index is 13.1. The van der Waals surface area contributed by atoms with Gasteiger partial charge in [-0.05, 0) is 29.8 Å². The Hall–Kier alpha value is -2.85. The maximum atomic E-state index is 13.1. The van der Waals surface area contributed by atoms with Crippen LogP contribution in [0.15, 0.2) is 72.1 Å². The summed E-state index contributed by atoms with van der Waals surface area (Å²) in [6, 6.07) is 13.9. The van der Waals surface area contributed by atoms with Gasteiger partial charge in [0.25, 0.3) is 10.0 Å². The quantitative estimate of drug-likeness (QED) is 0.644. The third-order valence-electron chi connectivity index (χ3n) is 5.36. The van der Waals surface area contributed by atoms with Crippen molar-refractivity contribution in [2.75, 3.05) is 18.4 Å². The van der Waals surface area contributed by atoms with Crippen molar-refractivity contribution in [3.05, 3.63) is 78.2 Å². The topological polar surface area (TPSA) is 67.2 Å². The van der Waals surface area contributed by atoms with Crippen molar-refractivity contribution >= 4 is 15.7 Å². The molecule has 2 heterocycles. The lowest BCUT2D eigenvalue weighted by molar-refractivity contribution is -0.137. The van der Waals surface area contributed by atoms with Crippen LogP contribution in [0.5, 0.6) is 0 Å². The van der Waals surface area contributed by atoms with E-state index in [0.717, 1.165) is 17.7 Å². The Morgan fingerprint density at radius 1 is 1.03 bits per heavy atom. The molecule has 0 aliphatic carbocycles. The van der Waals surface area contributed by atoms with Crippen LogP contribution in [-0.4, -0.2) is 41.4 Å². The molecule has 3 aromatic rings. The molecule has 0 bridgehead atoms. The highest BCUT2D eigenvalue weighted by Gasteiger charge is 2.41. The van der Waals surface area contributed by atoms with E-state index in [1.807, 2.05) is 30.3 Å². The fraction of sp³-hybridized carbons (Fsp3) is 0.286. The van der Waals surface area contributed by atoms with Gasteiger partial charge in [0.1, 0.15) is 0 Å². The number of sulfonamides is 1. The van der Waals surface area contributed by atoms with Crippen molar-refractivity contribution < 1.29 is 21.6 Å². The van der Waals surface area contributed by atoms with E-state index in [-0.39, 0.29) is 30.1 Å². The third kappa shape index (κ3) is 4.45. The Labute approximate surface area is 178 Å². The maximum Gasteiger partial charge on any atom is 0.416 e. The fourth-order valence-electron chi connectivity index (χ4n) is 3.77. The molecule has 2 atom stereocenters. The van der Waals surface area contributed by atoms with Crippen molar-refractivity contribution in [1.29, 1.82) is 0 Å². The highest BCUT2D eigenvalue weighted by atomic mass is 32.2. The summed E-state index contributed by atoms with van der Waals surface area (Å²) in [5.74, 6) is -0.179. The third-order valence-corrected chi connectivity index (χ3v) is 7.08. The molecule has 0 radical (unpaired) electrons. The molecule has 2 unspecified atom stereocenters. The van der Waals surface area contributed by atoms with Crippen LogP contribution in [0.2, 0.25) is 0 Å². The molecule has 0 spiro atoms. The van der Waals surface area contributed by atoms with Gasteiger partial charge in [-0.2, -0.15) is 17.5 Å². The van der Waals surface area contributed by atoms with E-state index in [1.165, 1.54) is 29.0 Å². The van der Waals surface area contributed by atoms with Gasteiger partial charge in [-0.25, -0.2) is 13.4 Å². The van der Waals surface area contributed by atoms with Gasteiger partial charge in [-0.1, -0.05) is 30.3 Å². The molecule has 1 N–H and O–H groups in total. The zero-order valence-corrected chi connectivity index (χ0v) is 17.4. The molecule has 10 heteroatoms. The fourth-order valence-corrected chi connectivity index (χ4v) is 5.23. The van der Waals surface area contributed by atoms with Gasteiger partial charge < -0.3 is 9.88 Å². The normalized spacial score (nSPS) is 20.1. The molecule has 31 heavy (non-hydrogen) atoms. The molecular formula is C21H21F3N4O2S. The monoisotopic (exact) mass is 450 g/mol. The summed E-state index contributed by atoms with van der Waals surface area (Å²) >= 11 is 0. The first-order valence-corrected chi connectivity index (χ1v) is 11.1. The van der Waals surface area contributed by atoms with Gasteiger partial charge in [-0.3, -0.25) is 0 Å². The number of halogens is 3. The SMILES string of the molecule is Cn1cnc(S(=O)(=O)N2CC(Nc3ccc(C(F)(F)F)cc3)C(c3ccccc3)C2)c1. The number of benzene rings is 2. The minimum Gasteiger partial charge on any atom is -0.380 e. The van der Waals surface area contributed by atoms with Crippen LogP contribution in [0, 0.1) is 0 Å². The summed E-state index contributed by atoms with van der Waals surface area (Å²) in [6.45, 7) is 0.403. The van der Waals surface area contributed by atoms with E-state index < -0.39 is 21.8 Å². The molecule has 2 aromatic carbocycles. The number of aryl methyl sites for hydroxylation is 1. The van der Waals surface area contributed by atoms with Crippen molar-refractivity contribution in [3.8, 4) is 0 Å². The van der Waals surface area contributed by atoms with Crippen molar-refractivity contribution in [3.63, 3.8) is 0 Å². The largest absolute Gasteiger partial charge is 0.416 e. The minimum atomic E-state index is -4.41. The van der Waals surface area contributed by atoms with Gasteiger partial charge >= 0.3 is 6.18 Å². The summed E-state index contributed by atoms with van der Waals surface area (Å²) in [4.78, 5) is 3.98. The zero-order valence-electron chi connectivity index (χ0n) is 16.6. The predicted molar refractivity (Wildman–Crippen MR) is 110 cm³/mol. The average molecular weight is 450 g/mol. The van der Waals surface area contributed by atoms with Gasteiger partial charge in [0.2, 0.25) is 0 Å². The molecule has 0 amide bonds. The zero-order chi connectivity index (χ0) is 22.2. The summed E-state index contributed by atoms with van der Waals surface area (Å²) in [5.41, 5.74) is 0.713. The summed E-state index contributed by atoms with van der Waals surface area (Å²) < 4.78 is 67.6. The highest BCUT2D eigenvalue weighted by Crippen LogP contribution is 2.34. The Bertz CT molecular complexity index is 1150.